The van der Waals surface area contributed by atoms with E-state index in [9.17, 15) is 4.79 Å². The molecule has 0 bridgehead atoms. The van der Waals surface area contributed by atoms with Gasteiger partial charge < -0.3 is 9.84 Å². The highest BCUT2D eigenvalue weighted by Gasteiger charge is 2.42. The number of aliphatic carboxylic acids is 1. The first-order valence-electron chi connectivity index (χ1n) is 4.59. The normalized spacial score (nSPS) is 31.8. The summed E-state index contributed by atoms with van der Waals surface area (Å²) in [6.07, 6.45) is 3.15. The molecule has 0 amide bonds. The van der Waals surface area contributed by atoms with Crippen molar-refractivity contribution in [2.75, 3.05) is 13.2 Å². The van der Waals surface area contributed by atoms with Crippen molar-refractivity contribution < 1.29 is 14.6 Å². The Balaban J connectivity index is 1.99. The van der Waals surface area contributed by atoms with Gasteiger partial charge in [0, 0.05) is 6.61 Å². The number of rotatable bonds is 3. The Morgan fingerprint density at radius 1 is 1.33 bits per heavy atom. The van der Waals surface area contributed by atoms with E-state index in [1.165, 1.54) is 0 Å². The first kappa shape index (κ1) is 8.05. The molecule has 1 heterocycles. The van der Waals surface area contributed by atoms with Gasteiger partial charge in [-0.25, -0.2) is 0 Å². The SMILES string of the molecule is O=C(O)C(C1CC1)C1CCOC1. The van der Waals surface area contributed by atoms with Crippen molar-refractivity contribution >= 4 is 5.97 Å². The molecule has 1 saturated carbocycles. The van der Waals surface area contributed by atoms with Crippen LogP contribution in [0.3, 0.4) is 0 Å². The van der Waals surface area contributed by atoms with Crippen LogP contribution < -0.4 is 0 Å². The summed E-state index contributed by atoms with van der Waals surface area (Å²) in [7, 11) is 0. The third kappa shape index (κ3) is 1.46. The van der Waals surface area contributed by atoms with Gasteiger partial charge in [-0.2, -0.15) is 0 Å². The Hall–Kier alpha value is -0.570. The molecule has 0 aromatic rings. The number of hydrogen-bond acceptors (Lipinski definition) is 2. The second kappa shape index (κ2) is 3.05. The van der Waals surface area contributed by atoms with Crippen LogP contribution in [0.25, 0.3) is 0 Å². The highest BCUT2D eigenvalue weighted by atomic mass is 16.5. The summed E-state index contributed by atoms with van der Waals surface area (Å²) < 4.78 is 5.20. The Bertz CT molecular complexity index is 180. The molecule has 0 aromatic heterocycles. The van der Waals surface area contributed by atoms with Gasteiger partial charge in [0.15, 0.2) is 0 Å². The molecular weight excluding hydrogens is 156 g/mol. The average molecular weight is 170 g/mol. The Morgan fingerprint density at radius 2 is 2.08 bits per heavy atom. The minimum absolute atomic E-state index is 0.118. The third-order valence-corrected chi connectivity index (χ3v) is 2.89. The van der Waals surface area contributed by atoms with Gasteiger partial charge in [0.2, 0.25) is 0 Å². The van der Waals surface area contributed by atoms with E-state index < -0.39 is 5.97 Å². The maximum atomic E-state index is 10.9. The van der Waals surface area contributed by atoms with Gasteiger partial charge in [0.25, 0.3) is 0 Å². The van der Waals surface area contributed by atoms with E-state index >= 15 is 0 Å². The van der Waals surface area contributed by atoms with E-state index in [1.54, 1.807) is 0 Å². The summed E-state index contributed by atoms with van der Waals surface area (Å²) >= 11 is 0. The molecule has 0 radical (unpaired) electrons. The van der Waals surface area contributed by atoms with Crippen molar-refractivity contribution in [1.82, 2.24) is 0 Å². The Morgan fingerprint density at radius 3 is 2.50 bits per heavy atom. The van der Waals surface area contributed by atoms with Gasteiger partial charge in [-0.3, -0.25) is 4.79 Å². The lowest BCUT2D eigenvalue weighted by molar-refractivity contribution is -0.144. The Kier molecular flexibility index (Phi) is 2.05. The van der Waals surface area contributed by atoms with E-state index in [0.29, 0.717) is 12.5 Å². The largest absolute Gasteiger partial charge is 0.481 e. The predicted molar refractivity (Wildman–Crippen MR) is 42.8 cm³/mol. The summed E-state index contributed by atoms with van der Waals surface area (Å²) in [4.78, 5) is 10.9. The van der Waals surface area contributed by atoms with Gasteiger partial charge in [-0.05, 0) is 31.1 Å². The summed E-state index contributed by atoms with van der Waals surface area (Å²) in [6.45, 7) is 1.41. The molecule has 1 saturated heterocycles. The van der Waals surface area contributed by atoms with Crippen LogP contribution in [-0.2, 0) is 9.53 Å². The highest BCUT2D eigenvalue weighted by molar-refractivity contribution is 5.71. The molecule has 0 spiro atoms. The van der Waals surface area contributed by atoms with Crippen LogP contribution in [-0.4, -0.2) is 24.3 Å². The summed E-state index contributed by atoms with van der Waals surface area (Å²) in [5.74, 6) is 0.00435. The summed E-state index contributed by atoms with van der Waals surface area (Å²) in [5, 5.41) is 8.99. The van der Waals surface area contributed by atoms with Crippen molar-refractivity contribution in [3.63, 3.8) is 0 Å². The lowest BCUT2D eigenvalue weighted by atomic mass is 9.88. The molecule has 68 valence electrons. The van der Waals surface area contributed by atoms with Gasteiger partial charge in [0.1, 0.15) is 0 Å². The second-order valence-electron chi connectivity index (χ2n) is 3.83. The number of carbonyl (C=O) groups is 1. The second-order valence-corrected chi connectivity index (χ2v) is 3.83. The van der Waals surface area contributed by atoms with Gasteiger partial charge in [-0.15, -0.1) is 0 Å². The van der Waals surface area contributed by atoms with Crippen molar-refractivity contribution in [3.8, 4) is 0 Å². The van der Waals surface area contributed by atoms with E-state index in [4.69, 9.17) is 9.84 Å². The van der Waals surface area contributed by atoms with E-state index in [0.717, 1.165) is 25.9 Å². The van der Waals surface area contributed by atoms with E-state index in [2.05, 4.69) is 0 Å². The molecule has 3 nitrogen and oxygen atoms in total. The van der Waals surface area contributed by atoms with Crippen LogP contribution in [0.2, 0.25) is 0 Å². The lowest BCUT2D eigenvalue weighted by Crippen LogP contribution is -2.25. The molecule has 3 heteroatoms. The van der Waals surface area contributed by atoms with Crippen LogP contribution in [0.15, 0.2) is 0 Å². The first-order valence-corrected chi connectivity index (χ1v) is 4.59. The van der Waals surface area contributed by atoms with Crippen LogP contribution in [0.1, 0.15) is 19.3 Å². The smallest absolute Gasteiger partial charge is 0.307 e. The molecule has 1 aliphatic heterocycles. The molecule has 2 aliphatic rings. The molecule has 2 rings (SSSR count). The maximum Gasteiger partial charge on any atom is 0.307 e. The van der Waals surface area contributed by atoms with E-state index in [-0.39, 0.29) is 11.8 Å². The quantitative estimate of drug-likeness (QED) is 0.690. The molecule has 1 N–H and O–H groups in total. The van der Waals surface area contributed by atoms with Crippen LogP contribution in [0.4, 0.5) is 0 Å². The average Bonchev–Trinajstić information content (AvgIpc) is 2.65. The molecule has 2 fully saturated rings. The zero-order chi connectivity index (χ0) is 8.55. The number of hydrogen-bond donors (Lipinski definition) is 1. The molecule has 12 heavy (non-hydrogen) atoms. The third-order valence-electron chi connectivity index (χ3n) is 2.89. The van der Waals surface area contributed by atoms with Crippen molar-refractivity contribution in [2.45, 2.75) is 19.3 Å². The highest BCUT2D eigenvalue weighted by Crippen LogP contribution is 2.42. The van der Waals surface area contributed by atoms with Crippen molar-refractivity contribution in [1.29, 1.82) is 0 Å². The van der Waals surface area contributed by atoms with Gasteiger partial charge >= 0.3 is 5.97 Å². The minimum atomic E-state index is -0.618. The van der Waals surface area contributed by atoms with Crippen molar-refractivity contribution in [2.24, 2.45) is 17.8 Å². The minimum Gasteiger partial charge on any atom is -0.481 e. The fourth-order valence-corrected chi connectivity index (χ4v) is 2.08. The van der Waals surface area contributed by atoms with Crippen LogP contribution in [0.5, 0.6) is 0 Å². The monoisotopic (exact) mass is 170 g/mol. The van der Waals surface area contributed by atoms with Crippen molar-refractivity contribution in [3.05, 3.63) is 0 Å². The zero-order valence-corrected chi connectivity index (χ0v) is 7.03. The Labute approximate surface area is 71.7 Å². The van der Waals surface area contributed by atoms with E-state index in [1.807, 2.05) is 0 Å². The zero-order valence-electron chi connectivity index (χ0n) is 7.03. The topological polar surface area (TPSA) is 46.5 Å². The van der Waals surface area contributed by atoms with Crippen LogP contribution >= 0.6 is 0 Å². The molecule has 0 aromatic carbocycles. The predicted octanol–water partition coefficient (Wildman–Crippen LogP) is 1.13. The molecule has 1 aliphatic carbocycles. The number of carboxylic acid groups (broad SMARTS) is 1. The van der Waals surface area contributed by atoms with Gasteiger partial charge in [-0.1, -0.05) is 0 Å². The molecule has 2 unspecified atom stereocenters. The number of ether oxygens (including phenoxy) is 1. The summed E-state index contributed by atoms with van der Waals surface area (Å²) in [5.41, 5.74) is 0. The fourth-order valence-electron chi connectivity index (χ4n) is 2.08. The molecule has 2 atom stereocenters. The fraction of sp³-hybridized carbons (Fsp3) is 0.889. The standard InChI is InChI=1S/C9H14O3/c10-9(11)8(6-1-2-6)7-3-4-12-5-7/h6-8H,1-5H2,(H,10,11). The molecular formula is C9H14O3. The lowest BCUT2D eigenvalue weighted by Gasteiger charge is -2.16. The first-order chi connectivity index (χ1) is 5.79. The summed E-state index contributed by atoms with van der Waals surface area (Å²) in [6, 6.07) is 0. The number of carboxylic acids is 1. The van der Waals surface area contributed by atoms with Crippen LogP contribution in [0, 0.1) is 17.8 Å². The van der Waals surface area contributed by atoms with Gasteiger partial charge in [0.05, 0.1) is 12.5 Å². The maximum absolute atomic E-state index is 10.9.